The van der Waals surface area contributed by atoms with Crippen molar-refractivity contribution >= 4 is 17.9 Å². The number of ether oxygens (including phenoxy) is 4. The molecule has 0 radical (unpaired) electrons. The molecule has 1 fully saturated rings. The fraction of sp³-hybridized carbons (Fsp3) is 0.469. The number of carbonyl (C=O) groups excluding carboxylic acids is 2. The molecule has 2 unspecified atom stereocenters. The molecular weight excluding hydrogens is 590 g/mol. The number of carboxylic acid groups (broad SMARTS) is 1. The molecule has 45 heavy (non-hydrogen) atoms. The Labute approximate surface area is 258 Å². The number of piperidine rings is 1. The van der Waals surface area contributed by atoms with Gasteiger partial charge in [0.1, 0.15) is 11.9 Å². The van der Waals surface area contributed by atoms with Crippen LogP contribution in [0.15, 0.2) is 54.3 Å². The molecule has 2 heterocycles. The first-order valence-electron chi connectivity index (χ1n) is 14.7. The smallest absolute Gasteiger partial charge is 0.344 e. The van der Waals surface area contributed by atoms with Crippen molar-refractivity contribution < 1.29 is 58.9 Å². The number of likely N-dealkylation sites (N-methyl/N-ethyl adjacent to an activating group) is 1. The minimum absolute atomic E-state index is 0.0807. The molecule has 0 aromatic heterocycles. The van der Waals surface area contributed by atoms with Gasteiger partial charge in [-0.15, -0.1) is 0 Å². The standard InChI is InChI=1S/C32H35NO12/c1-16(28(37)38)42-30(40)25(17-6-4-3-5-7-17)45-29(39)20(35)15-23(36)43-21-10-11-32(41)22-14-18-8-9-19(34)26-24(18)31(32,27(21)44-26)12-13-33(22)2/h3-10,16,20,22,25,27,29,34-35,39,41H,11-15H2,1-2H3,(H,37,38)/t16-,20-,22+,25-,27-,29?,31?,32+/m0/s1. The van der Waals surface area contributed by atoms with Crippen LogP contribution in [0.1, 0.15) is 49.0 Å². The van der Waals surface area contributed by atoms with Crippen LogP contribution in [0.25, 0.3) is 0 Å². The highest BCUT2D eigenvalue weighted by Crippen LogP contribution is 2.65. The van der Waals surface area contributed by atoms with Crippen molar-refractivity contribution in [3.8, 4) is 11.5 Å². The molecule has 240 valence electrons. The van der Waals surface area contributed by atoms with Crippen LogP contribution in [0.2, 0.25) is 0 Å². The predicted molar refractivity (Wildman–Crippen MR) is 153 cm³/mol. The van der Waals surface area contributed by atoms with Crippen molar-refractivity contribution in [3.05, 3.63) is 71.0 Å². The number of likely N-dealkylation sites (tertiary alicyclic amines) is 1. The first kappa shape index (κ1) is 31.0. The molecule has 2 aliphatic heterocycles. The average Bonchev–Trinajstić information content (AvgIpc) is 3.37. The molecule has 13 nitrogen and oxygen atoms in total. The first-order chi connectivity index (χ1) is 21.4. The molecule has 4 aliphatic rings. The van der Waals surface area contributed by atoms with Crippen LogP contribution >= 0.6 is 0 Å². The minimum Gasteiger partial charge on any atom is -0.504 e. The normalized spacial score (nSPS) is 28.9. The Bertz CT molecular complexity index is 1540. The summed E-state index contributed by atoms with van der Waals surface area (Å²) in [6.45, 7) is 1.79. The van der Waals surface area contributed by atoms with Gasteiger partial charge in [0.15, 0.2) is 36.1 Å². The zero-order valence-corrected chi connectivity index (χ0v) is 24.7. The number of aliphatic hydroxyl groups is 3. The predicted octanol–water partition coefficient (Wildman–Crippen LogP) is 1.06. The van der Waals surface area contributed by atoms with E-state index in [0.29, 0.717) is 19.4 Å². The van der Waals surface area contributed by atoms with E-state index in [-0.39, 0.29) is 35.3 Å². The van der Waals surface area contributed by atoms with Crippen molar-refractivity contribution in [1.29, 1.82) is 0 Å². The second kappa shape index (κ2) is 11.4. The number of esters is 2. The summed E-state index contributed by atoms with van der Waals surface area (Å²) in [5, 5.41) is 53.3. The van der Waals surface area contributed by atoms with E-state index in [0.717, 1.165) is 18.1 Å². The van der Waals surface area contributed by atoms with Crippen LogP contribution in [0.4, 0.5) is 0 Å². The van der Waals surface area contributed by atoms with E-state index in [4.69, 9.17) is 24.1 Å². The summed E-state index contributed by atoms with van der Waals surface area (Å²) in [4.78, 5) is 39.2. The Kier molecular flexibility index (Phi) is 7.86. The lowest BCUT2D eigenvalue weighted by Crippen LogP contribution is -2.74. The van der Waals surface area contributed by atoms with Gasteiger partial charge in [-0.1, -0.05) is 36.4 Å². The number of nitrogens with zero attached hydrogens (tertiary/aromatic N) is 1. The van der Waals surface area contributed by atoms with E-state index < -0.39 is 66.1 Å². The first-order valence-corrected chi connectivity index (χ1v) is 14.7. The third kappa shape index (κ3) is 4.95. The number of aromatic hydroxyl groups is 1. The molecule has 1 saturated heterocycles. The topological polar surface area (TPSA) is 193 Å². The van der Waals surface area contributed by atoms with Crippen molar-refractivity contribution in [2.45, 2.75) is 80.4 Å². The number of benzene rings is 2. The number of rotatable bonds is 10. The molecule has 0 saturated carbocycles. The molecule has 1 spiro atoms. The summed E-state index contributed by atoms with van der Waals surface area (Å²) >= 11 is 0. The number of hydrogen-bond donors (Lipinski definition) is 5. The monoisotopic (exact) mass is 625 g/mol. The SMILES string of the molecule is C[C@H](OC(=O)[C@@H](OC(O)[C@@H](O)CC(=O)OC1=CC[C@@]2(O)[C@H]3Cc4ccc(O)c5c4C2(CCN3C)[C@H]1O5)c1ccccc1)C(=O)O. The summed E-state index contributed by atoms with van der Waals surface area (Å²) < 4.78 is 22.3. The Hall–Kier alpha value is -4.01. The van der Waals surface area contributed by atoms with Gasteiger partial charge in [0, 0.05) is 18.0 Å². The number of phenols is 1. The summed E-state index contributed by atoms with van der Waals surface area (Å²) in [5.74, 6) is -3.16. The van der Waals surface area contributed by atoms with E-state index in [1.54, 1.807) is 30.3 Å². The molecular formula is C32H35NO12. The van der Waals surface area contributed by atoms with Crippen LogP contribution < -0.4 is 4.74 Å². The van der Waals surface area contributed by atoms with Crippen LogP contribution in [0.3, 0.4) is 0 Å². The van der Waals surface area contributed by atoms with Gasteiger partial charge in [-0.2, -0.15) is 0 Å². The second-order valence-electron chi connectivity index (χ2n) is 12.1. The van der Waals surface area contributed by atoms with Crippen LogP contribution in [0.5, 0.6) is 11.5 Å². The van der Waals surface area contributed by atoms with Gasteiger partial charge in [-0.05, 0) is 56.6 Å². The lowest BCUT2D eigenvalue weighted by atomic mass is 9.50. The van der Waals surface area contributed by atoms with Crippen molar-refractivity contribution in [3.63, 3.8) is 0 Å². The molecule has 2 bridgehead atoms. The highest BCUT2D eigenvalue weighted by molar-refractivity contribution is 5.81. The maximum Gasteiger partial charge on any atom is 0.344 e. The summed E-state index contributed by atoms with van der Waals surface area (Å²) in [6.07, 6.45) is -5.93. The quantitative estimate of drug-likeness (QED) is 0.186. The Morgan fingerprint density at radius 2 is 1.87 bits per heavy atom. The van der Waals surface area contributed by atoms with Gasteiger partial charge in [-0.25, -0.2) is 9.59 Å². The van der Waals surface area contributed by atoms with Crippen molar-refractivity contribution in [2.75, 3.05) is 13.6 Å². The van der Waals surface area contributed by atoms with Gasteiger partial charge in [0.05, 0.1) is 17.4 Å². The number of hydrogen-bond acceptors (Lipinski definition) is 12. The largest absolute Gasteiger partial charge is 0.504 e. The molecule has 6 rings (SSSR count). The van der Waals surface area contributed by atoms with Gasteiger partial charge in [0.2, 0.25) is 0 Å². The zero-order valence-electron chi connectivity index (χ0n) is 24.7. The molecule has 0 amide bonds. The Morgan fingerprint density at radius 3 is 2.58 bits per heavy atom. The fourth-order valence-corrected chi connectivity index (χ4v) is 7.30. The zero-order chi connectivity index (χ0) is 32.3. The summed E-state index contributed by atoms with van der Waals surface area (Å²) in [7, 11) is 1.95. The van der Waals surface area contributed by atoms with Gasteiger partial charge in [0.25, 0.3) is 0 Å². The molecule has 2 aromatic carbocycles. The molecule has 5 N–H and O–H groups in total. The molecule has 2 aromatic rings. The molecule has 2 aliphatic carbocycles. The lowest BCUT2D eigenvalue weighted by Gasteiger charge is -2.61. The van der Waals surface area contributed by atoms with Crippen molar-refractivity contribution in [1.82, 2.24) is 4.90 Å². The number of aliphatic carboxylic acids is 1. The third-order valence-corrected chi connectivity index (χ3v) is 9.52. The maximum absolute atomic E-state index is 13.1. The third-order valence-electron chi connectivity index (χ3n) is 9.52. The second-order valence-corrected chi connectivity index (χ2v) is 12.1. The van der Waals surface area contributed by atoms with E-state index in [1.807, 2.05) is 13.1 Å². The maximum atomic E-state index is 13.1. The van der Waals surface area contributed by atoms with Crippen LogP contribution in [-0.2, 0) is 40.4 Å². The molecule has 13 heteroatoms. The minimum atomic E-state index is -2.07. The van der Waals surface area contributed by atoms with E-state index in [1.165, 1.54) is 12.1 Å². The van der Waals surface area contributed by atoms with Crippen molar-refractivity contribution in [2.24, 2.45) is 0 Å². The average molecular weight is 626 g/mol. The van der Waals surface area contributed by atoms with Crippen LogP contribution in [0, 0.1) is 0 Å². The number of aliphatic hydroxyl groups excluding tert-OH is 2. The van der Waals surface area contributed by atoms with Gasteiger partial charge in [-0.3, -0.25) is 4.79 Å². The van der Waals surface area contributed by atoms with Gasteiger partial charge >= 0.3 is 17.9 Å². The van der Waals surface area contributed by atoms with Gasteiger partial charge < -0.3 is 49.4 Å². The summed E-state index contributed by atoms with van der Waals surface area (Å²) in [6, 6.07) is 11.0. The number of carbonyl (C=O) groups is 3. The fourth-order valence-electron chi connectivity index (χ4n) is 7.30. The van der Waals surface area contributed by atoms with E-state index >= 15 is 0 Å². The molecule has 8 atom stereocenters. The highest BCUT2D eigenvalue weighted by atomic mass is 16.6. The Balaban J connectivity index is 1.18. The summed E-state index contributed by atoms with van der Waals surface area (Å²) in [5.41, 5.74) is -0.346. The van der Waals surface area contributed by atoms with Crippen LogP contribution in [-0.4, -0.2) is 98.2 Å². The van der Waals surface area contributed by atoms with E-state index in [9.17, 15) is 34.8 Å². The van der Waals surface area contributed by atoms with E-state index in [2.05, 4.69) is 4.90 Å². The number of phenolic OH excluding ortho intramolecular Hbond substituents is 1. The number of carboxylic acids is 1. The lowest BCUT2D eigenvalue weighted by molar-refractivity contribution is -0.211. The Morgan fingerprint density at radius 1 is 1.13 bits per heavy atom. The highest BCUT2D eigenvalue weighted by Gasteiger charge is 2.72.